The van der Waals surface area contributed by atoms with Crippen molar-refractivity contribution in [3.8, 4) is 5.75 Å². The number of halogens is 5. The number of fused-ring (bicyclic) bond motifs is 1. The first-order valence-corrected chi connectivity index (χ1v) is 12.2. The van der Waals surface area contributed by atoms with Crippen molar-refractivity contribution in [1.29, 1.82) is 0 Å². The lowest BCUT2D eigenvalue weighted by atomic mass is 9.95. The van der Waals surface area contributed by atoms with E-state index in [0.29, 0.717) is 23.7 Å². The Kier molecular flexibility index (Phi) is 6.52. The SMILES string of the molecule is C[C@@H]1Cc2ccc(OCc3c(F)cccc3Cl)cc2N(S(=O)(=O)c2cccc(C(F)(F)F)c2)C1. The van der Waals surface area contributed by atoms with Crippen LogP contribution in [-0.2, 0) is 29.2 Å². The third kappa shape index (κ3) is 4.86. The second-order valence-corrected chi connectivity index (χ2v) is 10.4. The molecule has 180 valence electrons. The van der Waals surface area contributed by atoms with E-state index in [2.05, 4.69) is 0 Å². The van der Waals surface area contributed by atoms with Crippen molar-refractivity contribution < 1.29 is 30.7 Å². The van der Waals surface area contributed by atoms with Gasteiger partial charge in [-0.1, -0.05) is 36.7 Å². The van der Waals surface area contributed by atoms with Gasteiger partial charge in [-0.15, -0.1) is 0 Å². The molecule has 34 heavy (non-hydrogen) atoms. The fourth-order valence-corrected chi connectivity index (χ4v) is 5.75. The Morgan fingerprint density at radius 2 is 1.82 bits per heavy atom. The normalized spacial score (nSPS) is 16.3. The molecule has 0 aliphatic carbocycles. The number of anilines is 1. The summed E-state index contributed by atoms with van der Waals surface area (Å²) in [5.74, 6) is -0.318. The number of hydrogen-bond acceptors (Lipinski definition) is 3. The molecule has 0 fully saturated rings. The molecule has 4 nitrogen and oxygen atoms in total. The van der Waals surface area contributed by atoms with Crippen LogP contribution in [0.4, 0.5) is 23.2 Å². The number of rotatable bonds is 5. The van der Waals surface area contributed by atoms with Crippen LogP contribution in [0.1, 0.15) is 23.6 Å². The van der Waals surface area contributed by atoms with Gasteiger partial charge in [-0.2, -0.15) is 13.2 Å². The van der Waals surface area contributed by atoms with Gasteiger partial charge in [0.1, 0.15) is 18.2 Å². The topological polar surface area (TPSA) is 46.6 Å². The molecule has 3 aromatic carbocycles. The van der Waals surface area contributed by atoms with Gasteiger partial charge in [0.2, 0.25) is 0 Å². The van der Waals surface area contributed by atoms with E-state index in [4.69, 9.17) is 16.3 Å². The van der Waals surface area contributed by atoms with Crippen molar-refractivity contribution in [2.24, 2.45) is 5.92 Å². The van der Waals surface area contributed by atoms with Gasteiger partial charge in [-0.05, 0) is 54.3 Å². The lowest BCUT2D eigenvalue weighted by molar-refractivity contribution is -0.137. The van der Waals surface area contributed by atoms with Crippen molar-refractivity contribution >= 4 is 27.3 Å². The van der Waals surface area contributed by atoms with E-state index in [9.17, 15) is 26.0 Å². The van der Waals surface area contributed by atoms with Crippen LogP contribution in [0.2, 0.25) is 5.02 Å². The Hall–Kier alpha value is -2.78. The Balaban J connectivity index is 1.69. The minimum absolute atomic E-state index is 0.0583. The Bertz CT molecular complexity index is 1310. The van der Waals surface area contributed by atoms with E-state index in [0.717, 1.165) is 22.5 Å². The van der Waals surface area contributed by atoms with Gasteiger partial charge in [0.15, 0.2) is 0 Å². The molecule has 0 radical (unpaired) electrons. The molecule has 4 rings (SSSR count). The summed E-state index contributed by atoms with van der Waals surface area (Å²) < 4.78 is 87.2. The quantitative estimate of drug-likeness (QED) is 0.368. The summed E-state index contributed by atoms with van der Waals surface area (Å²) in [6, 6.07) is 12.8. The van der Waals surface area contributed by atoms with Crippen LogP contribution in [0.3, 0.4) is 0 Å². The summed E-state index contributed by atoms with van der Waals surface area (Å²) in [4.78, 5) is -0.452. The maximum absolute atomic E-state index is 14.1. The first kappa shape index (κ1) is 24.3. The molecule has 0 saturated carbocycles. The lowest BCUT2D eigenvalue weighted by Crippen LogP contribution is -2.39. The monoisotopic (exact) mass is 513 g/mol. The zero-order chi connectivity index (χ0) is 24.7. The van der Waals surface area contributed by atoms with Crippen LogP contribution in [0, 0.1) is 11.7 Å². The zero-order valence-electron chi connectivity index (χ0n) is 17.9. The number of benzene rings is 3. The van der Waals surface area contributed by atoms with E-state index < -0.39 is 32.5 Å². The largest absolute Gasteiger partial charge is 0.489 e. The van der Waals surface area contributed by atoms with E-state index in [1.165, 1.54) is 24.3 Å². The van der Waals surface area contributed by atoms with Crippen LogP contribution < -0.4 is 9.04 Å². The highest BCUT2D eigenvalue weighted by molar-refractivity contribution is 7.92. The summed E-state index contributed by atoms with van der Waals surface area (Å²) in [5, 5.41) is 0.195. The fraction of sp³-hybridized carbons (Fsp3) is 0.250. The molecule has 0 amide bonds. The highest BCUT2D eigenvalue weighted by Crippen LogP contribution is 2.38. The number of alkyl halides is 3. The van der Waals surface area contributed by atoms with Gasteiger partial charge in [0.05, 0.1) is 21.2 Å². The molecule has 10 heteroatoms. The molecule has 1 heterocycles. The summed E-state index contributed by atoms with van der Waals surface area (Å²) in [6.45, 7) is 1.78. The summed E-state index contributed by atoms with van der Waals surface area (Å²) in [6.07, 6.45) is -4.09. The summed E-state index contributed by atoms with van der Waals surface area (Å²) >= 11 is 6.04. The van der Waals surface area contributed by atoms with E-state index in [1.807, 2.05) is 6.92 Å². The third-order valence-corrected chi connectivity index (χ3v) is 7.70. The molecule has 1 aliphatic heterocycles. The molecule has 0 spiro atoms. The standard InChI is InChI=1S/C24H20ClF4NO3S/c1-15-10-16-8-9-18(33-14-20-21(25)6-3-7-22(20)26)12-23(16)30(13-15)34(31,32)19-5-2-4-17(11-19)24(27,28)29/h2-9,11-12,15H,10,13-14H2,1H3/t15-/m1/s1. The van der Waals surface area contributed by atoms with Gasteiger partial charge in [-0.25, -0.2) is 12.8 Å². The minimum atomic E-state index is -4.67. The molecule has 0 unspecified atom stereocenters. The number of hydrogen-bond donors (Lipinski definition) is 0. The van der Waals surface area contributed by atoms with Gasteiger partial charge < -0.3 is 4.74 Å². The van der Waals surface area contributed by atoms with Crippen LogP contribution in [-0.4, -0.2) is 15.0 Å². The molecular weight excluding hydrogens is 494 g/mol. The summed E-state index contributed by atoms with van der Waals surface area (Å²) in [5.41, 5.74) is 0.139. The van der Waals surface area contributed by atoms with E-state index in [-0.39, 0.29) is 35.4 Å². The molecule has 0 aromatic heterocycles. The molecule has 0 N–H and O–H groups in total. The Morgan fingerprint density at radius 1 is 1.09 bits per heavy atom. The highest BCUT2D eigenvalue weighted by atomic mass is 35.5. The smallest absolute Gasteiger partial charge is 0.416 e. The van der Waals surface area contributed by atoms with Gasteiger partial charge in [0, 0.05) is 18.2 Å². The van der Waals surface area contributed by atoms with Crippen LogP contribution in [0.15, 0.2) is 65.6 Å². The number of sulfonamides is 1. The first-order chi connectivity index (χ1) is 16.0. The maximum Gasteiger partial charge on any atom is 0.416 e. The van der Waals surface area contributed by atoms with Crippen LogP contribution in [0.5, 0.6) is 5.75 Å². The molecule has 1 atom stereocenters. The predicted octanol–water partition coefficient (Wildman–Crippen LogP) is 6.46. The molecule has 0 bridgehead atoms. The second-order valence-electron chi connectivity index (χ2n) is 8.15. The van der Waals surface area contributed by atoms with Crippen molar-refractivity contribution in [1.82, 2.24) is 0 Å². The third-order valence-electron chi connectivity index (χ3n) is 5.57. The van der Waals surface area contributed by atoms with E-state index in [1.54, 1.807) is 12.1 Å². The fourth-order valence-electron chi connectivity index (χ4n) is 3.87. The van der Waals surface area contributed by atoms with Crippen molar-refractivity contribution in [2.75, 3.05) is 10.8 Å². The van der Waals surface area contributed by atoms with Crippen LogP contribution in [0.25, 0.3) is 0 Å². The predicted molar refractivity (Wildman–Crippen MR) is 121 cm³/mol. The molecular formula is C24H20ClF4NO3S. The van der Waals surface area contributed by atoms with Gasteiger partial charge in [-0.3, -0.25) is 4.31 Å². The second kappa shape index (κ2) is 9.11. The van der Waals surface area contributed by atoms with E-state index >= 15 is 0 Å². The highest BCUT2D eigenvalue weighted by Gasteiger charge is 2.35. The average molecular weight is 514 g/mol. The Morgan fingerprint density at radius 3 is 2.53 bits per heavy atom. The maximum atomic E-state index is 14.1. The number of ether oxygens (including phenoxy) is 1. The minimum Gasteiger partial charge on any atom is -0.489 e. The van der Waals surface area contributed by atoms with Gasteiger partial charge in [0.25, 0.3) is 10.0 Å². The molecule has 3 aromatic rings. The summed E-state index contributed by atoms with van der Waals surface area (Å²) in [7, 11) is -4.29. The van der Waals surface area contributed by atoms with Crippen molar-refractivity contribution in [3.05, 3.63) is 88.2 Å². The zero-order valence-corrected chi connectivity index (χ0v) is 19.5. The van der Waals surface area contributed by atoms with Crippen LogP contribution >= 0.6 is 11.6 Å². The lowest BCUT2D eigenvalue weighted by Gasteiger charge is -2.34. The molecule has 0 saturated heterocycles. The number of nitrogens with zero attached hydrogens (tertiary/aromatic N) is 1. The van der Waals surface area contributed by atoms with Crippen molar-refractivity contribution in [3.63, 3.8) is 0 Å². The first-order valence-electron chi connectivity index (χ1n) is 10.4. The molecule has 1 aliphatic rings. The average Bonchev–Trinajstić information content (AvgIpc) is 2.78. The van der Waals surface area contributed by atoms with Gasteiger partial charge >= 0.3 is 6.18 Å². The van der Waals surface area contributed by atoms with Crippen molar-refractivity contribution in [2.45, 2.75) is 31.0 Å². The Labute approximate surface area is 199 Å².